The van der Waals surface area contributed by atoms with Crippen LogP contribution in [0, 0.1) is 5.82 Å². The van der Waals surface area contributed by atoms with Gasteiger partial charge in [0.05, 0.1) is 15.4 Å². The van der Waals surface area contributed by atoms with Gasteiger partial charge >= 0.3 is 0 Å². The molecule has 0 aliphatic heterocycles. The van der Waals surface area contributed by atoms with Crippen molar-refractivity contribution < 1.29 is 14.1 Å². The van der Waals surface area contributed by atoms with E-state index in [1.165, 1.54) is 15.8 Å². The smallest absolute Gasteiger partial charge is 0.279 e. The number of halogens is 1. The highest BCUT2D eigenvalue weighted by Crippen LogP contribution is 2.12. The number of para-hydroxylation sites is 1. The van der Waals surface area contributed by atoms with Crippen molar-refractivity contribution in [2.45, 2.75) is 13.1 Å². The van der Waals surface area contributed by atoms with Crippen LogP contribution in [0.15, 0.2) is 59.3 Å². The lowest BCUT2D eigenvalue weighted by molar-refractivity contribution is -0.918. The molecule has 3 aromatic rings. The zero-order valence-electron chi connectivity index (χ0n) is 13.0. The molecule has 124 valence electrons. The van der Waals surface area contributed by atoms with Crippen molar-refractivity contribution in [3.05, 3.63) is 74.9 Å². The second kappa shape index (κ2) is 8.19. The van der Waals surface area contributed by atoms with E-state index in [1.807, 2.05) is 22.9 Å². The number of carbonyl (C=O) groups excluding carboxylic acids is 1. The Morgan fingerprint density at radius 3 is 2.12 bits per heavy atom. The summed E-state index contributed by atoms with van der Waals surface area (Å²) in [6.07, 6.45) is 0. The molecule has 2 aromatic heterocycles. The van der Waals surface area contributed by atoms with E-state index < -0.39 is 5.82 Å². The van der Waals surface area contributed by atoms with Gasteiger partial charge in [0, 0.05) is 0 Å². The maximum absolute atomic E-state index is 13.7. The number of carbonyl (C=O) groups is 1. The van der Waals surface area contributed by atoms with E-state index in [0.717, 1.165) is 18.0 Å². The van der Waals surface area contributed by atoms with Gasteiger partial charge in [0.15, 0.2) is 6.54 Å². The van der Waals surface area contributed by atoms with Crippen LogP contribution in [0.25, 0.3) is 0 Å². The average Bonchev–Trinajstić information content (AvgIpc) is 3.23. The molecule has 0 fully saturated rings. The molecular weight excluding hydrogens is 343 g/mol. The molecule has 1 aromatic carbocycles. The fourth-order valence-corrected chi connectivity index (χ4v) is 4.04. The molecule has 0 aliphatic carbocycles. The number of hydrogen-bond donors (Lipinski definition) is 2. The molecule has 1 amide bonds. The van der Waals surface area contributed by atoms with Crippen molar-refractivity contribution in [1.82, 2.24) is 0 Å². The first kappa shape index (κ1) is 16.8. The van der Waals surface area contributed by atoms with E-state index in [9.17, 15) is 9.18 Å². The Morgan fingerprint density at radius 1 is 0.958 bits per heavy atom. The summed E-state index contributed by atoms with van der Waals surface area (Å²) in [5.41, 5.74) is 0.231. The quantitative estimate of drug-likeness (QED) is 0.666. The Morgan fingerprint density at radius 2 is 1.58 bits per heavy atom. The lowest BCUT2D eigenvalue weighted by atomic mass is 10.3. The van der Waals surface area contributed by atoms with Crippen molar-refractivity contribution >= 4 is 34.3 Å². The molecule has 24 heavy (non-hydrogen) atoms. The highest BCUT2D eigenvalue weighted by Gasteiger charge is 2.17. The van der Waals surface area contributed by atoms with Gasteiger partial charge in [-0.3, -0.25) is 4.79 Å². The number of quaternary nitrogens is 1. The third-order valence-corrected chi connectivity index (χ3v) is 5.32. The van der Waals surface area contributed by atoms with E-state index in [4.69, 9.17) is 0 Å². The van der Waals surface area contributed by atoms with Gasteiger partial charge in [-0.15, -0.1) is 22.7 Å². The largest absolute Gasteiger partial charge is 0.319 e. The second-order valence-electron chi connectivity index (χ2n) is 5.47. The van der Waals surface area contributed by atoms with Crippen molar-refractivity contribution in [2.24, 2.45) is 0 Å². The van der Waals surface area contributed by atoms with Crippen molar-refractivity contribution in [3.63, 3.8) is 0 Å². The average molecular weight is 361 g/mol. The minimum atomic E-state index is -0.413. The van der Waals surface area contributed by atoms with E-state index in [0.29, 0.717) is 6.54 Å². The van der Waals surface area contributed by atoms with Gasteiger partial charge in [0.25, 0.3) is 5.91 Å². The van der Waals surface area contributed by atoms with Gasteiger partial charge in [0.2, 0.25) is 0 Å². The van der Waals surface area contributed by atoms with Crippen LogP contribution in [0.1, 0.15) is 9.75 Å². The van der Waals surface area contributed by atoms with Crippen molar-refractivity contribution in [1.29, 1.82) is 0 Å². The second-order valence-corrected chi connectivity index (χ2v) is 7.53. The number of amides is 1. The summed E-state index contributed by atoms with van der Waals surface area (Å²) in [4.78, 5) is 15.9. The third-order valence-electron chi connectivity index (χ3n) is 3.57. The van der Waals surface area contributed by atoms with Gasteiger partial charge in [-0.05, 0) is 35.0 Å². The van der Waals surface area contributed by atoms with Gasteiger partial charge in [-0.1, -0.05) is 24.3 Å². The first-order chi connectivity index (χ1) is 11.7. The number of nitrogens with one attached hydrogen (secondary N) is 2. The van der Waals surface area contributed by atoms with E-state index in [-0.39, 0.29) is 11.6 Å². The number of thiophene rings is 2. The number of hydrogen-bond acceptors (Lipinski definition) is 3. The molecule has 0 atom stereocenters. The van der Waals surface area contributed by atoms with Crippen LogP contribution in [0.3, 0.4) is 0 Å². The molecule has 0 unspecified atom stereocenters. The molecule has 0 bridgehead atoms. The number of rotatable bonds is 7. The molecule has 0 saturated carbocycles. The van der Waals surface area contributed by atoms with Gasteiger partial charge < -0.3 is 10.2 Å². The highest BCUT2D eigenvalue weighted by molar-refractivity contribution is 7.10. The van der Waals surface area contributed by atoms with E-state index in [2.05, 4.69) is 17.4 Å². The predicted molar refractivity (Wildman–Crippen MR) is 96.9 cm³/mol. The lowest BCUT2D eigenvalue weighted by Gasteiger charge is -2.18. The fourth-order valence-electron chi connectivity index (χ4n) is 2.49. The summed E-state index contributed by atoms with van der Waals surface area (Å²) in [5.74, 6) is -0.591. The summed E-state index contributed by atoms with van der Waals surface area (Å²) in [5, 5.41) is 6.75. The highest BCUT2D eigenvalue weighted by atomic mass is 32.1. The molecule has 0 aliphatic rings. The Kier molecular flexibility index (Phi) is 5.74. The molecular formula is C18H18FN2OS2+. The fraction of sp³-hybridized carbons (Fsp3) is 0.167. The standard InChI is InChI=1S/C18H17FN2OS2/c19-16-7-1-2-8-17(16)20-18(22)13-21(11-14-5-3-9-23-14)12-15-6-4-10-24-15/h1-10H,11-13H2,(H,20,22)/p+1. The molecule has 0 radical (unpaired) electrons. The maximum Gasteiger partial charge on any atom is 0.279 e. The Bertz CT molecular complexity index is 736. The van der Waals surface area contributed by atoms with E-state index in [1.54, 1.807) is 40.9 Å². The Hall–Kier alpha value is -2.02. The monoisotopic (exact) mass is 361 g/mol. The van der Waals surface area contributed by atoms with E-state index >= 15 is 0 Å². The molecule has 2 N–H and O–H groups in total. The van der Waals surface area contributed by atoms with Gasteiger partial charge in [0.1, 0.15) is 18.9 Å². The minimum Gasteiger partial charge on any atom is -0.319 e. The summed E-state index contributed by atoms with van der Waals surface area (Å²) in [7, 11) is 0. The van der Waals surface area contributed by atoms with Crippen LogP contribution in [0.5, 0.6) is 0 Å². The topological polar surface area (TPSA) is 33.5 Å². The molecule has 2 heterocycles. The third kappa shape index (κ3) is 4.74. The molecule has 0 spiro atoms. The lowest BCUT2D eigenvalue weighted by Crippen LogP contribution is -3.10. The zero-order chi connectivity index (χ0) is 16.8. The SMILES string of the molecule is O=C(C[NH+](Cc1cccs1)Cc1cccs1)Nc1ccccc1F. The Balaban J connectivity index is 1.66. The van der Waals surface area contributed by atoms with Crippen molar-refractivity contribution in [2.75, 3.05) is 11.9 Å². The minimum absolute atomic E-state index is 0.178. The first-order valence-electron chi connectivity index (χ1n) is 7.63. The van der Waals surface area contributed by atoms with Gasteiger partial charge in [-0.25, -0.2) is 4.39 Å². The molecule has 6 heteroatoms. The first-order valence-corrected chi connectivity index (χ1v) is 9.39. The maximum atomic E-state index is 13.7. The Labute approximate surface area is 148 Å². The number of anilines is 1. The van der Waals surface area contributed by atoms with Crippen LogP contribution in [0.4, 0.5) is 10.1 Å². The van der Waals surface area contributed by atoms with Crippen LogP contribution in [-0.2, 0) is 17.9 Å². The predicted octanol–water partition coefficient (Wildman–Crippen LogP) is 3.17. The van der Waals surface area contributed by atoms with Crippen LogP contribution >= 0.6 is 22.7 Å². The number of benzene rings is 1. The molecule has 0 saturated heterocycles. The molecule has 3 rings (SSSR count). The summed E-state index contributed by atoms with van der Waals surface area (Å²) in [6, 6.07) is 14.4. The van der Waals surface area contributed by atoms with Crippen LogP contribution < -0.4 is 10.2 Å². The summed E-state index contributed by atoms with van der Waals surface area (Å²) < 4.78 is 13.7. The summed E-state index contributed by atoms with van der Waals surface area (Å²) in [6.45, 7) is 1.85. The zero-order valence-corrected chi connectivity index (χ0v) is 14.6. The summed E-state index contributed by atoms with van der Waals surface area (Å²) >= 11 is 3.38. The van der Waals surface area contributed by atoms with Crippen molar-refractivity contribution in [3.8, 4) is 0 Å². The molecule has 3 nitrogen and oxygen atoms in total. The normalized spacial score (nSPS) is 10.9. The van der Waals surface area contributed by atoms with Gasteiger partial charge in [-0.2, -0.15) is 0 Å². The van der Waals surface area contributed by atoms with Crippen LogP contribution in [0.2, 0.25) is 0 Å². The van der Waals surface area contributed by atoms with Crippen LogP contribution in [-0.4, -0.2) is 12.5 Å².